The number of pyridine rings is 1. The lowest BCUT2D eigenvalue weighted by atomic mass is 9.84. The molecule has 3 fully saturated rings. The van der Waals surface area contributed by atoms with Crippen LogP contribution in [0.5, 0.6) is 5.88 Å². The van der Waals surface area contributed by atoms with Gasteiger partial charge >= 0.3 is 0 Å². The zero-order valence-corrected chi connectivity index (χ0v) is 12.3. The first-order valence-electron chi connectivity index (χ1n) is 7.79. The largest absolute Gasteiger partial charge is 0.474 e. The smallest absolute Gasteiger partial charge is 0.260 e. The summed E-state index contributed by atoms with van der Waals surface area (Å²) in [6, 6.07) is 5.56. The van der Waals surface area contributed by atoms with E-state index in [9.17, 15) is 9.18 Å². The maximum atomic E-state index is 13.8. The van der Waals surface area contributed by atoms with Crippen molar-refractivity contribution in [3.8, 4) is 5.88 Å². The van der Waals surface area contributed by atoms with Crippen LogP contribution in [-0.2, 0) is 9.53 Å². The van der Waals surface area contributed by atoms with Crippen LogP contribution in [0.3, 0.4) is 0 Å². The van der Waals surface area contributed by atoms with Crippen molar-refractivity contribution in [3.05, 3.63) is 24.4 Å². The van der Waals surface area contributed by atoms with E-state index < -0.39 is 5.67 Å². The van der Waals surface area contributed by atoms with Crippen molar-refractivity contribution in [2.45, 2.75) is 43.1 Å². The van der Waals surface area contributed by atoms with Crippen LogP contribution in [0.4, 0.5) is 4.39 Å². The zero-order valence-electron chi connectivity index (χ0n) is 12.3. The molecule has 0 unspecified atom stereocenters. The quantitative estimate of drug-likeness (QED) is 0.853. The third-order valence-electron chi connectivity index (χ3n) is 4.69. The minimum Gasteiger partial charge on any atom is -0.474 e. The van der Waals surface area contributed by atoms with E-state index in [0.29, 0.717) is 44.8 Å². The highest BCUT2D eigenvalue weighted by Gasteiger charge is 2.58. The van der Waals surface area contributed by atoms with Crippen LogP contribution in [0, 0.1) is 0 Å². The Balaban J connectivity index is 1.35. The number of hydrogen-bond donors (Lipinski definition) is 0. The Kier molecular flexibility index (Phi) is 3.11. The highest BCUT2D eigenvalue weighted by molar-refractivity contribution is 5.88. The van der Waals surface area contributed by atoms with Crippen molar-refractivity contribution >= 4 is 5.91 Å². The van der Waals surface area contributed by atoms with Crippen LogP contribution in [0.1, 0.15) is 25.7 Å². The molecule has 4 rings (SSSR count). The number of rotatable bonds is 3. The number of nitrogens with zero attached hydrogens (tertiary/aromatic N) is 2. The van der Waals surface area contributed by atoms with Gasteiger partial charge in [-0.15, -0.1) is 0 Å². The van der Waals surface area contributed by atoms with Crippen molar-refractivity contribution in [2.24, 2.45) is 0 Å². The molecule has 0 aromatic carbocycles. The number of carbonyl (C=O) groups is 1. The van der Waals surface area contributed by atoms with Gasteiger partial charge in [-0.1, -0.05) is 6.07 Å². The summed E-state index contributed by atoms with van der Waals surface area (Å²) in [5.41, 5.74) is -1.95. The van der Waals surface area contributed by atoms with Crippen molar-refractivity contribution in [2.75, 3.05) is 19.7 Å². The Hall–Kier alpha value is -1.69. The van der Waals surface area contributed by atoms with Gasteiger partial charge in [0, 0.05) is 25.1 Å². The van der Waals surface area contributed by atoms with E-state index in [4.69, 9.17) is 9.47 Å². The molecule has 3 heterocycles. The maximum absolute atomic E-state index is 13.8. The van der Waals surface area contributed by atoms with Crippen LogP contribution in [-0.4, -0.2) is 52.9 Å². The van der Waals surface area contributed by atoms with Crippen LogP contribution < -0.4 is 4.74 Å². The summed E-state index contributed by atoms with van der Waals surface area (Å²) < 4.78 is 25.6. The van der Waals surface area contributed by atoms with E-state index >= 15 is 0 Å². The van der Waals surface area contributed by atoms with Gasteiger partial charge in [0.15, 0.2) is 5.67 Å². The molecule has 6 heteroatoms. The number of ether oxygens (including phenoxy) is 2. The first-order valence-corrected chi connectivity index (χ1v) is 7.79. The number of amides is 1. The Bertz CT molecular complexity index is 570. The summed E-state index contributed by atoms with van der Waals surface area (Å²) in [7, 11) is 0. The molecule has 5 nitrogen and oxygen atoms in total. The van der Waals surface area contributed by atoms with Gasteiger partial charge in [-0.3, -0.25) is 4.79 Å². The number of likely N-dealkylation sites (tertiary alicyclic amines) is 1. The second-order valence-corrected chi connectivity index (χ2v) is 6.56. The number of halogens is 1. The predicted molar refractivity (Wildman–Crippen MR) is 76.2 cm³/mol. The van der Waals surface area contributed by atoms with Gasteiger partial charge in [-0.25, -0.2) is 9.37 Å². The van der Waals surface area contributed by atoms with Gasteiger partial charge in [-0.05, 0) is 18.9 Å². The lowest BCUT2D eigenvalue weighted by molar-refractivity contribution is -0.196. The third kappa shape index (κ3) is 2.45. The summed E-state index contributed by atoms with van der Waals surface area (Å²) in [6.45, 7) is 1.54. The minimum absolute atomic E-state index is 0.0289. The van der Waals surface area contributed by atoms with Gasteiger partial charge in [-0.2, -0.15) is 0 Å². The van der Waals surface area contributed by atoms with Gasteiger partial charge in [0.1, 0.15) is 11.7 Å². The lowest BCUT2D eigenvalue weighted by Gasteiger charge is -2.53. The number of carbonyl (C=O) groups excluding carboxylic acids is 1. The van der Waals surface area contributed by atoms with Crippen molar-refractivity contribution in [1.29, 1.82) is 0 Å². The first kappa shape index (κ1) is 13.9. The summed E-state index contributed by atoms with van der Waals surface area (Å²) in [5, 5.41) is 0. The standard InChI is InChI=1S/C16H19FN2O3/c17-16(5-6-16)14(20)19-10-15(11-19)9-12(4-8-21-15)22-13-3-1-2-7-18-13/h1-3,7,12H,4-6,8-11H2/t12-/m0/s1. The zero-order chi connectivity index (χ0) is 15.2. The summed E-state index contributed by atoms with van der Waals surface area (Å²) in [5.74, 6) is 0.243. The Morgan fingerprint density at radius 1 is 1.41 bits per heavy atom. The number of alkyl halides is 1. The average molecular weight is 306 g/mol. The molecule has 3 aliphatic rings. The first-order chi connectivity index (χ1) is 10.6. The minimum atomic E-state index is -1.58. The van der Waals surface area contributed by atoms with Gasteiger partial charge in [0.2, 0.25) is 5.88 Å². The molecule has 1 aromatic heterocycles. The van der Waals surface area contributed by atoms with Crippen molar-refractivity contribution in [1.82, 2.24) is 9.88 Å². The Morgan fingerprint density at radius 3 is 2.91 bits per heavy atom. The molecular formula is C16H19FN2O3. The molecular weight excluding hydrogens is 287 g/mol. The van der Waals surface area contributed by atoms with E-state index in [1.807, 2.05) is 18.2 Å². The SMILES string of the molecule is O=C(N1CC2(C[C@@H](Oc3ccccn3)CCO2)C1)C1(F)CC1. The molecule has 2 aliphatic heterocycles. The molecule has 1 spiro atoms. The van der Waals surface area contributed by atoms with E-state index in [-0.39, 0.29) is 17.6 Å². The maximum Gasteiger partial charge on any atom is 0.260 e. The van der Waals surface area contributed by atoms with Crippen LogP contribution in [0.15, 0.2) is 24.4 Å². The predicted octanol–water partition coefficient (Wildman–Crippen LogP) is 1.72. The van der Waals surface area contributed by atoms with Crippen molar-refractivity contribution < 1.29 is 18.7 Å². The number of hydrogen-bond acceptors (Lipinski definition) is 4. The van der Waals surface area contributed by atoms with Crippen LogP contribution in [0.25, 0.3) is 0 Å². The molecule has 2 saturated heterocycles. The molecule has 1 aliphatic carbocycles. The molecule has 22 heavy (non-hydrogen) atoms. The third-order valence-corrected chi connectivity index (χ3v) is 4.69. The summed E-state index contributed by atoms with van der Waals surface area (Å²) in [6.07, 6.45) is 3.97. The van der Waals surface area contributed by atoms with Gasteiger partial charge in [0.05, 0.1) is 19.7 Å². The Labute approximate surface area is 128 Å². The molecule has 1 saturated carbocycles. The van der Waals surface area contributed by atoms with Gasteiger partial charge in [0.25, 0.3) is 5.91 Å². The Morgan fingerprint density at radius 2 is 2.23 bits per heavy atom. The summed E-state index contributed by atoms with van der Waals surface area (Å²) >= 11 is 0. The fourth-order valence-electron chi connectivity index (χ4n) is 3.29. The fraction of sp³-hybridized carbons (Fsp3) is 0.625. The highest BCUT2D eigenvalue weighted by atomic mass is 19.1. The van der Waals surface area contributed by atoms with E-state index in [1.54, 1.807) is 11.1 Å². The van der Waals surface area contributed by atoms with Crippen LogP contribution >= 0.6 is 0 Å². The monoisotopic (exact) mass is 306 g/mol. The molecule has 0 bridgehead atoms. The normalized spacial score (nSPS) is 28.0. The second-order valence-electron chi connectivity index (χ2n) is 6.56. The van der Waals surface area contributed by atoms with E-state index in [0.717, 1.165) is 6.42 Å². The highest BCUT2D eigenvalue weighted by Crippen LogP contribution is 2.44. The molecule has 1 aromatic rings. The second kappa shape index (κ2) is 4.91. The fourth-order valence-corrected chi connectivity index (χ4v) is 3.29. The molecule has 0 N–H and O–H groups in total. The number of aromatic nitrogens is 1. The molecule has 118 valence electrons. The van der Waals surface area contributed by atoms with Crippen LogP contribution in [0.2, 0.25) is 0 Å². The molecule has 1 amide bonds. The topological polar surface area (TPSA) is 51.7 Å². The van der Waals surface area contributed by atoms with E-state index in [2.05, 4.69) is 4.98 Å². The lowest BCUT2D eigenvalue weighted by Crippen LogP contribution is -2.68. The van der Waals surface area contributed by atoms with Crippen molar-refractivity contribution in [3.63, 3.8) is 0 Å². The summed E-state index contributed by atoms with van der Waals surface area (Å²) in [4.78, 5) is 17.7. The molecule has 0 radical (unpaired) electrons. The van der Waals surface area contributed by atoms with E-state index in [1.165, 1.54) is 0 Å². The van der Waals surface area contributed by atoms with Gasteiger partial charge < -0.3 is 14.4 Å². The average Bonchev–Trinajstić information content (AvgIpc) is 3.24. The molecule has 1 atom stereocenters.